The first-order chi connectivity index (χ1) is 6.11. The predicted molar refractivity (Wildman–Crippen MR) is 51.9 cm³/mol. The highest BCUT2D eigenvalue weighted by molar-refractivity contribution is 8.01. The van der Waals surface area contributed by atoms with Crippen LogP contribution in [0.1, 0.15) is 26.7 Å². The van der Waals surface area contributed by atoms with Gasteiger partial charge in [0, 0.05) is 11.7 Å². The fourth-order valence-electron chi connectivity index (χ4n) is 2.43. The molecule has 0 amide bonds. The molecule has 2 heterocycles. The molecule has 0 N–H and O–H groups in total. The third kappa shape index (κ3) is 1.17. The van der Waals surface area contributed by atoms with E-state index < -0.39 is 0 Å². The van der Waals surface area contributed by atoms with Gasteiger partial charge in [-0.2, -0.15) is 9.78 Å². The Morgan fingerprint density at radius 2 is 2.15 bits per heavy atom. The number of thioether (sulfide) groups is 1. The molecular weight excluding hydrogens is 184 g/mol. The van der Waals surface area contributed by atoms with Crippen LogP contribution < -0.4 is 0 Å². The summed E-state index contributed by atoms with van der Waals surface area (Å²) in [4.78, 5) is 10.1. The Morgan fingerprint density at radius 3 is 2.77 bits per heavy atom. The van der Waals surface area contributed by atoms with Crippen molar-refractivity contribution in [3.05, 3.63) is 12.2 Å². The van der Waals surface area contributed by atoms with Gasteiger partial charge in [0.15, 0.2) is 0 Å². The van der Waals surface area contributed by atoms with Gasteiger partial charge in [0.25, 0.3) is 5.12 Å². The van der Waals surface area contributed by atoms with Crippen LogP contribution in [0.5, 0.6) is 0 Å². The van der Waals surface area contributed by atoms with Crippen molar-refractivity contribution in [2.45, 2.75) is 37.1 Å². The highest BCUT2D eigenvalue weighted by Crippen LogP contribution is 2.62. The summed E-state index contributed by atoms with van der Waals surface area (Å²) in [6.07, 6.45) is 6.86. The average Bonchev–Trinajstić information content (AvgIpc) is 2.63. The largest absolute Gasteiger partial charge is 0.280 e. The zero-order chi connectivity index (χ0) is 9.10. The van der Waals surface area contributed by atoms with Gasteiger partial charge in [0.05, 0.1) is 0 Å². The van der Waals surface area contributed by atoms with Crippen LogP contribution in [0.15, 0.2) is 12.2 Å². The number of fused-ring (bicyclic) bond motifs is 1. The lowest BCUT2D eigenvalue weighted by Gasteiger charge is -2.36. The summed E-state index contributed by atoms with van der Waals surface area (Å²) in [5.41, 5.74) is 0.408. The van der Waals surface area contributed by atoms with Crippen molar-refractivity contribution >= 4 is 11.8 Å². The minimum Gasteiger partial charge on any atom is -0.182 e. The van der Waals surface area contributed by atoms with Crippen LogP contribution >= 0.6 is 11.8 Å². The number of rotatable bonds is 0. The Balaban J connectivity index is 1.90. The Morgan fingerprint density at radius 1 is 1.38 bits per heavy atom. The molecule has 2 unspecified atom stereocenters. The quantitative estimate of drug-likeness (QED) is 0.340. The molecule has 0 aromatic carbocycles. The summed E-state index contributed by atoms with van der Waals surface area (Å²) in [5, 5.41) is 0.354. The molecule has 2 saturated heterocycles. The van der Waals surface area contributed by atoms with Gasteiger partial charge >= 0.3 is 0 Å². The number of hydrogen-bond acceptors (Lipinski definition) is 3. The van der Waals surface area contributed by atoms with Crippen molar-refractivity contribution in [3.8, 4) is 0 Å². The SMILES string of the molecule is CC1(C)CC=CC2SC3(CC21)OO3. The zero-order valence-electron chi connectivity index (χ0n) is 7.95. The van der Waals surface area contributed by atoms with Crippen molar-refractivity contribution < 1.29 is 9.78 Å². The van der Waals surface area contributed by atoms with Crippen LogP contribution in [0.2, 0.25) is 0 Å². The van der Waals surface area contributed by atoms with E-state index in [0.29, 0.717) is 16.6 Å². The molecule has 1 aliphatic carbocycles. The van der Waals surface area contributed by atoms with Crippen molar-refractivity contribution in [2.75, 3.05) is 0 Å². The van der Waals surface area contributed by atoms with Crippen molar-refractivity contribution in [3.63, 3.8) is 0 Å². The van der Waals surface area contributed by atoms with Crippen LogP contribution in [0.4, 0.5) is 0 Å². The van der Waals surface area contributed by atoms with E-state index in [2.05, 4.69) is 26.0 Å². The summed E-state index contributed by atoms with van der Waals surface area (Å²) < 4.78 is 0. The molecule has 2 atom stereocenters. The lowest BCUT2D eigenvalue weighted by atomic mass is 9.70. The summed E-state index contributed by atoms with van der Waals surface area (Å²) in [6, 6.07) is 0. The summed E-state index contributed by atoms with van der Waals surface area (Å²) in [7, 11) is 0. The Kier molecular flexibility index (Phi) is 1.49. The van der Waals surface area contributed by atoms with Gasteiger partial charge in [-0.15, -0.1) is 0 Å². The van der Waals surface area contributed by atoms with Gasteiger partial charge in [-0.3, -0.25) is 0 Å². The second-order valence-electron chi connectivity index (χ2n) is 4.86. The Hall–Kier alpha value is 0.01000. The first-order valence-electron chi connectivity index (χ1n) is 4.83. The van der Waals surface area contributed by atoms with Crippen molar-refractivity contribution in [1.29, 1.82) is 0 Å². The minimum absolute atomic E-state index is 0.249. The molecule has 2 aliphatic heterocycles. The van der Waals surface area contributed by atoms with Crippen molar-refractivity contribution in [1.82, 2.24) is 0 Å². The Labute approximate surface area is 82.6 Å². The van der Waals surface area contributed by atoms with Crippen LogP contribution in [0, 0.1) is 11.3 Å². The summed E-state index contributed by atoms with van der Waals surface area (Å²) >= 11 is 1.83. The highest BCUT2D eigenvalue weighted by atomic mass is 32.2. The maximum Gasteiger partial charge on any atom is 0.280 e. The molecule has 72 valence electrons. The molecule has 2 nitrogen and oxygen atoms in total. The van der Waals surface area contributed by atoms with Gasteiger partial charge in [0.2, 0.25) is 0 Å². The van der Waals surface area contributed by atoms with E-state index in [1.54, 1.807) is 0 Å². The molecule has 3 rings (SSSR count). The van der Waals surface area contributed by atoms with Gasteiger partial charge in [-0.25, -0.2) is 0 Å². The first-order valence-corrected chi connectivity index (χ1v) is 5.71. The van der Waals surface area contributed by atoms with Crippen molar-refractivity contribution in [2.24, 2.45) is 11.3 Å². The van der Waals surface area contributed by atoms with Gasteiger partial charge in [-0.05, 0) is 17.8 Å². The van der Waals surface area contributed by atoms with E-state index in [4.69, 9.17) is 9.78 Å². The second-order valence-corrected chi connectivity index (χ2v) is 6.27. The molecule has 0 bridgehead atoms. The van der Waals surface area contributed by atoms with Gasteiger partial charge in [0.1, 0.15) is 0 Å². The lowest BCUT2D eigenvalue weighted by Crippen LogP contribution is -2.31. The maximum absolute atomic E-state index is 5.07. The molecule has 0 radical (unpaired) electrons. The fourth-order valence-corrected chi connectivity index (χ4v) is 4.05. The number of allylic oxidation sites excluding steroid dienone is 1. The smallest absolute Gasteiger partial charge is 0.182 e. The second kappa shape index (κ2) is 2.33. The topological polar surface area (TPSA) is 25.1 Å². The van der Waals surface area contributed by atoms with Crippen LogP contribution in [0.3, 0.4) is 0 Å². The van der Waals surface area contributed by atoms with E-state index >= 15 is 0 Å². The minimum atomic E-state index is -0.249. The van der Waals surface area contributed by atoms with Gasteiger partial charge < -0.3 is 0 Å². The maximum atomic E-state index is 5.07. The van der Waals surface area contributed by atoms with E-state index in [9.17, 15) is 0 Å². The average molecular weight is 198 g/mol. The third-order valence-electron chi connectivity index (χ3n) is 3.42. The van der Waals surface area contributed by atoms with Crippen LogP contribution in [0.25, 0.3) is 0 Å². The van der Waals surface area contributed by atoms with E-state index in [1.807, 2.05) is 11.8 Å². The van der Waals surface area contributed by atoms with E-state index in [1.165, 1.54) is 6.42 Å². The summed E-state index contributed by atoms with van der Waals surface area (Å²) in [5.74, 6) is 0.713. The molecule has 3 aliphatic rings. The molecule has 3 heteroatoms. The van der Waals surface area contributed by atoms with Crippen LogP contribution in [-0.4, -0.2) is 10.4 Å². The standard InChI is InChI=1S/C10H14O2S/c1-9(2)5-3-4-8-7(9)6-10(13-8)11-12-10/h3-4,7-8H,5-6H2,1-2H3. The summed E-state index contributed by atoms with van der Waals surface area (Å²) in [6.45, 7) is 4.69. The lowest BCUT2D eigenvalue weighted by molar-refractivity contribution is 0.0850. The molecular formula is C10H14O2S. The molecule has 2 fully saturated rings. The zero-order valence-corrected chi connectivity index (χ0v) is 8.76. The van der Waals surface area contributed by atoms with E-state index in [0.717, 1.165) is 6.42 Å². The van der Waals surface area contributed by atoms with Gasteiger partial charge in [-0.1, -0.05) is 37.8 Å². The van der Waals surface area contributed by atoms with Crippen LogP contribution in [-0.2, 0) is 9.78 Å². The molecule has 13 heavy (non-hydrogen) atoms. The number of hydrogen-bond donors (Lipinski definition) is 0. The first kappa shape index (κ1) is 8.33. The fraction of sp³-hybridized carbons (Fsp3) is 0.800. The highest BCUT2D eigenvalue weighted by Gasteiger charge is 2.62. The molecule has 0 aromatic heterocycles. The van der Waals surface area contributed by atoms with E-state index in [-0.39, 0.29) is 5.12 Å². The molecule has 0 aromatic rings. The third-order valence-corrected chi connectivity index (χ3v) is 4.84. The monoisotopic (exact) mass is 198 g/mol. The molecule has 1 spiro atoms. The predicted octanol–water partition coefficient (Wildman–Crippen LogP) is 2.71. The Bertz CT molecular complexity index is 268. The normalized spacial score (nSPS) is 43.5. The molecule has 0 saturated carbocycles.